The average Bonchev–Trinajstić information content (AvgIpc) is 3.01. The number of carbonyl (C=O) groups is 2. The van der Waals surface area contributed by atoms with Gasteiger partial charge >= 0.3 is 0 Å². The van der Waals surface area contributed by atoms with E-state index in [9.17, 15) is 9.59 Å². The quantitative estimate of drug-likeness (QED) is 0.637. The van der Waals surface area contributed by atoms with Crippen LogP contribution >= 0.6 is 15.9 Å². The second-order valence-corrected chi connectivity index (χ2v) is 7.41. The van der Waals surface area contributed by atoms with Gasteiger partial charge in [0.05, 0.1) is 10.2 Å². The predicted octanol–water partition coefficient (Wildman–Crippen LogP) is 3.75. The third-order valence-corrected chi connectivity index (χ3v) is 4.96. The van der Waals surface area contributed by atoms with Gasteiger partial charge in [0.1, 0.15) is 0 Å². The predicted molar refractivity (Wildman–Crippen MR) is 105 cm³/mol. The number of aromatic nitrogens is 2. The highest BCUT2D eigenvalue weighted by Crippen LogP contribution is 2.25. The third-order valence-electron chi connectivity index (χ3n) is 4.16. The van der Waals surface area contributed by atoms with Crippen LogP contribution in [0.2, 0.25) is 0 Å². The summed E-state index contributed by atoms with van der Waals surface area (Å²) in [6.07, 6.45) is 0.873. The summed E-state index contributed by atoms with van der Waals surface area (Å²) in [5.41, 5.74) is 2.66. The van der Waals surface area contributed by atoms with E-state index in [4.69, 9.17) is 0 Å². The molecule has 2 aromatic rings. The van der Waals surface area contributed by atoms with Gasteiger partial charge in [-0.2, -0.15) is 5.10 Å². The van der Waals surface area contributed by atoms with Gasteiger partial charge in [0.15, 0.2) is 5.69 Å². The molecular weight excluding hydrogens is 396 g/mol. The molecular formula is C19H25BrN4O2. The maximum Gasteiger partial charge on any atom is 0.273 e. The summed E-state index contributed by atoms with van der Waals surface area (Å²) in [7, 11) is 0. The Kier molecular flexibility index (Phi) is 6.97. The zero-order valence-electron chi connectivity index (χ0n) is 15.5. The molecule has 140 valence electrons. The van der Waals surface area contributed by atoms with E-state index >= 15 is 0 Å². The molecule has 26 heavy (non-hydrogen) atoms. The van der Waals surface area contributed by atoms with E-state index in [1.54, 1.807) is 12.1 Å². The van der Waals surface area contributed by atoms with Crippen LogP contribution in [-0.4, -0.2) is 28.1 Å². The highest BCUT2D eigenvalue weighted by Gasteiger charge is 2.19. The zero-order chi connectivity index (χ0) is 19.3. The van der Waals surface area contributed by atoms with Gasteiger partial charge in [0.2, 0.25) is 0 Å². The Hall–Kier alpha value is -2.15. The Morgan fingerprint density at radius 3 is 2.58 bits per heavy atom. The van der Waals surface area contributed by atoms with E-state index in [0.29, 0.717) is 22.3 Å². The van der Waals surface area contributed by atoms with Crippen molar-refractivity contribution in [2.75, 3.05) is 0 Å². The van der Waals surface area contributed by atoms with Crippen molar-refractivity contribution in [2.45, 2.75) is 52.6 Å². The van der Waals surface area contributed by atoms with Crippen LogP contribution in [-0.2, 0) is 6.54 Å². The smallest absolute Gasteiger partial charge is 0.273 e. The Morgan fingerprint density at radius 2 is 1.96 bits per heavy atom. The second-order valence-electron chi connectivity index (χ2n) is 6.62. The van der Waals surface area contributed by atoms with Crippen molar-refractivity contribution in [3.05, 3.63) is 51.3 Å². The molecule has 0 saturated carbocycles. The first-order valence-electron chi connectivity index (χ1n) is 8.75. The minimum absolute atomic E-state index is 0.107. The van der Waals surface area contributed by atoms with Crippen LogP contribution in [0.3, 0.4) is 0 Å². The average molecular weight is 421 g/mol. The molecule has 1 heterocycles. The van der Waals surface area contributed by atoms with E-state index in [-0.39, 0.29) is 23.8 Å². The van der Waals surface area contributed by atoms with Crippen molar-refractivity contribution >= 4 is 27.7 Å². The number of hydrogen-bond donors (Lipinski definition) is 3. The fourth-order valence-corrected chi connectivity index (χ4v) is 3.19. The van der Waals surface area contributed by atoms with Crippen LogP contribution in [0.15, 0.2) is 28.7 Å². The second kappa shape index (κ2) is 8.98. The molecule has 1 aromatic carbocycles. The lowest BCUT2D eigenvalue weighted by atomic mass is 10.1. The number of nitrogens with one attached hydrogen (secondary N) is 3. The number of benzene rings is 1. The fourth-order valence-electron chi connectivity index (χ4n) is 2.37. The molecule has 3 N–H and O–H groups in total. The van der Waals surface area contributed by atoms with Crippen LogP contribution in [0.5, 0.6) is 0 Å². The minimum Gasteiger partial charge on any atom is -0.350 e. The van der Waals surface area contributed by atoms with E-state index in [0.717, 1.165) is 17.7 Å². The Balaban J connectivity index is 2.02. The molecule has 1 atom stereocenters. The molecule has 0 spiro atoms. The Bertz CT molecular complexity index is 786. The number of amides is 2. The molecule has 1 unspecified atom stereocenters. The van der Waals surface area contributed by atoms with Crippen molar-refractivity contribution < 1.29 is 9.59 Å². The molecule has 1 aromatic heterocycles. The van der Waals surface area contributed by atoms with Crippen molar-refractivity contribution in [3.8, 4) is 0 Å². The van der Waals surface area contributed by atoms with Crippen LogP contribution in [0, 0.1) is 0 Å². The van der Waals surface area contributed by atoms with Gasteiger partial charge < -0.3 is 10.6 Å². The molecule has 0 radical (unpaired) electrons. The molecule has 7 heteroatoms. The monoisotopic (exact) mass is 420 g/mol. The van der Waals surface area contributed by atoms with Crippen molar-refractivity contribution in [3.63, 3.8) is 0 Å². The SMILES string of the molecule is CCC(C)NC(=O)c1cccc(CNC(=O)c2n[nH]c(C(C)C)c2Br)c1. The summed E-state index contributed by atoms with van der Waals surface area (Å²) in [4.78, 5) is 24.6. The first-order valence-corrected chi connectivity index (χ1v) is 9.54. The highest BCUT2D eigenvalue weighted by molar-refractivity contribution is 9.10. The number of carbonyl (C=O) groups excluding carboxylic acids is 2. The molecule has 0 aliphatic heterocycles. The molecule has 0 bridgehead atoms. The van der Waals surface area contributed by atoms with E-state index in [1.165, 1.54) is 0 Å². The first-order chi connectivity index (χ1) is 12.3. The minimum atomic E-state index is -0.269. The number of aromatic amines is 1. The van der Waals surface area contributed by atoms with Gasteiger partial charge in [-0.15, -0.1) is 0 Å². The van der Waals surface area contributed by atoms with Crippen LogP contribution in [0.1, 0.15) is 72.1 Å². The van der Waals surface area contributed by atoms with Gasteiger partial charge in [-0.05, 0) is 52.9 Å². The number of H-pyrrole nitrogens is 1. The Morgan fingerprint density at radius 1 is 1.23 bits per heavy atom. The topological polar surface area (TPSA) is 86.9 Å². The van der Waals surface area contributed by atoms with Crippen LogP contribution in [0.25, 0.3) is 0 Å². The lowest BCUT2D eigenvalue weighted by Crippen LogP contribution is -2.32. The van der Waals surface area contributed by atoms with Crippen LogP contribution < -0.4 is 10.6 Å². The number of rotatable bonds is 7. The maximum absolute atomic E-state index is 12.4. The largest absolute Gasteiger partial charge is 0.350 e. The van der Waals surface area contributed by atoms with Gasteiger partial charge in [0.25, 0.3) is 11.8 Å². The lowest BCUT2D eigenvalue weighted by Gasteiger charge is -2.12. The summed E-state index contributed by atoms with van der Waals surface area (Å²) in [5, 5.41) is 12.8. The molecule has 2 amide bonds. The molecule has 0 fully saturated rings. The van der Waals surface area contributed by atoms with Gasteiger partial charge in [-0.1, -0.05) is 32.9 Å². The number of hydrogen-bond acceptors (Lipinski definition) is 3. The van der Waals surface area contributed by atoms with E-state index in [1.807, 2.05) is 39.8 Å². The van der Waals surface area contributed by atoms with Crippen molar-refractivity contribution in [2.24, 2.45) is 0 Å². The number of halogens is 1. The molecule has 0 aliphatic carbocycles. The van der Waals surface area contributed by atoms with Crippen LogP contribution in [0.4, 0.5) is 0 Å². The zero-order valence-corrected chi connectivity index (χ0v) is 17.1. The standard InChI is InChI=1S/C19H25BrN4O2/c1-5-12(4)22-18(25)14-8-6-7-13(9-14)10-21-19(26)17-15(20)16(11(2)3)23-24-17/h6-9,11-12H,5,10H2,1-4H3,(H,21,26)(H,22,25)(H,23,24). The van der Waals surface area contributed by atoms with Gasteiger partial charge in [-0.25, -0.2) is 0 Å². The van der Waals surface area contributed by atoms with E-state index < -0.39 is 0 Å². The highest BCUT2D eigenvalue weighted by atomic mass is 79.9. The maximum atomic E-state index is 12.4. The normalized spacial score (nSPS) is 12.1. The lowest BCUT2D eigenvalue weighted by molar-refractivity contribution is 0.0935. The first kappa shape index (κ1) is 20.2. The fraction of sp³-hybridized carbons (Fsp3) is 0.421. The third kappa shape index (κ3) is 4.94. The van der Waals surface area contributed by atoms with E-state index in [2.05, 4.69) is 36.8 Å². The molecule has 2 rings (SSSR count). The molecule has 0 saturated heterocycles. The Labute approximate surface area is 162 Å². The van der Waals surface area contributed by atoms with Gasteiger partial charge in [-0.3, -0.25) is 14.7 Å². The summed E-state index contributed by atoms with van der Waals surface area (Å²) in [6.45, 7) is 8.36. The van der Waals surface area contributed by atoms with Crippen molar-refractivity contribution in [1.82, 2.24) is 20.8 Å². The van der Waals surface area contributed by atoms with Crippen molar-refractivity contribution in [1.29, 1.82) is 0 Å². The summed E-state index contributed by atoms with van der Waals surface area (Å²) >= 11 is 3.43. The molecule has 0 aliphatic rings. The summed E-state index contributed by atoms with van der Waals surface area (Å²) in [5.74, 6) is -0.141. The number of nitrogens with zero attached hydrogens (tertiary/aromatic N) is 1. The summed E-state index contributed by atoms with van der Waals surface area (Å²) < 4.78 is 0.687. The summed E-state index contributed by atoms with van der Waals surface area (Å²) in [6, 6.07) is 7.37. The molecule has 6 nitrogen and oxygen atoms in total. The van der Waals surface area contributed by atoms with Gasteiger partial charge in [0, 0.05) is 18.2 Å².